The van der Waals surface area contributed by atoms with Crippen molar-refractivity contribution >= 4 is 5.78 Å². The molecule has 1 rings (SSSR count). The van der Waals surface area contributed by atoms with Crippen molar-refractivity contribution in [2.45, 2.75) is 46.1 Å². The summed E-state index contributed by atoms with van der Waals surface area (Å²) in [5, 5.41) is 0. The molecule has 0 unspecified atom stereocenters. The summed E-state index contributed by atoms with van der Waals surface area (Å²) < 4.78 is 0. The van der Waals surface area contributed by atoms with Gasteiger partial charge in [0, 0.05) is 5.41 Å². The third-order valence-electron chi connectivity index (χ3n) is 2.81. The van der Waals surface area contributed by atoms with E-state index in [0.717, 1.165) is 13.0 Å². The van der Waals surface area contributed by atoms with Gasteiger partial charge >= 0.3 is 0 Å². The molecule has 0 radical (unpaired) electrons. The quantitative estimate of drug-likeness (QED) is 0.620. The molecule has 1 saturated heterocycles. The molecule has 2 nitrogen and oxygen atoms in total. The van der Waals surface area contributed by atoms with E-state index in [1.54, 1.807) is 0 Å². The number of likely N-dealkylation sites (N-methyl/N-ethyl adjacent to an activating group) is 1. The highest BCUT2D eigenvalue weighted by Crippen LogP contribution is 2.24. The molecule has 0 aromatic rings. The molecule has 0 bridgehead atoms. The van der Waals surface area contributed by atoms with Gasteiger partial charge in [0.2, 0.25) is 0 Å². The summed E-state index contributed by atoms with van der Waals surface area (Å²) in [6.45, 7) is 7.11. The zero-order chi connectivity index (χ0) is 10.1. The van der Waals surface area contributed by atoms with Gasteiger partial charge in [0.1, 0.15) is 0 Å². The fourth-order valence-corrected chi connectivity index (χ4v) is 1.91. The maximum Gasteiger partial charge on any atom is 0.155 e. The van der Waals surface area contributed by atoms with Crippen LogP contribution in [0.4, 0.5) is 0 Å². The van der Waals surface area contributed by atoms with Crippen molar-refractivity contribution in [3.8, 4) is 0 Å². The van der Waals surface area contributed by atoms with E-state index in [9.17, 15) is 4.79 Å². The van der Waals surface area contributed by atoms with Crippen LogP contribution in [0.3, 0.4) is 0 Å². The smallest absolute Gasteiger partial charge is 0.155 e. The van der Waals surface area contributed by atoms with Gasteiger partial charge in [0.15, 0.2) is 5.78 Å². The molecule has 13 heavy (non-hydrogen) atoms. The normalized spacial score (nSPS) is 26.0. The topological polar surface area (TPSA) is 20.3 Å². The van der Waals surface area contributed by atoms with Gasteiger partial charge < -0.3 is 0 Å². The summed E-state index contributed by atoms with van der Waals surface area (Å²) in [7, 11) is 2.06. The molecule has 0 N–H and O–H groups in total. The number of likely N-dealkylation sites (tertiary alicyclic amines) is 1. The molecule has 0 amide bonds. The Bertz CT molecular complexity index is 193. The average Bonchev–Trinajstić information content (AvgIpc) is 2.02. The Morgan fingerprint density at radius 1 is 1.31 bits per heavy atom. The van der Waals surface area contributed by atoms with E-state index < -0.39 is 0 Å². The van der Waals surface area contributed by atoms with E-state index >= 15 is 0 Å². The lowest BCUT2D eigenvalue weighted by Gasteiger charge is -2.35. The van der Waals surface area contributed by atoms with Gasteiger partial charge in [-0.1, -0.05) is 27.2 Å². The summed E-state index contributed by atoms with van der Waals surface area (Å²) in [4.78, 5) is 14.2. The largest absolute Gasteiger partial charge is 0.297 e. The first-order chi connectivity index (χ1) is 5.93. The minimum absolute atomic E-state index is 0.175. The lowest BCUT2D eigenvalue weighted by Crippen LogP contribution is -2.46. The monoisotopic (exact) mass is 183 g/mol. The van der Waals surface area contributed by atoms with Crippen LogP contribution in [0.25, 0.3) is 0 Å². The van der Waals surface area contributed by atoms with Gasteiger partial charge in [-0.25, -0.2) is 0 Å². The number of Topliss-reactive ketones (excluding diaryl/α,β-unsaturated/α-hetero) is 1. The van der Waals surface area contributed by atoms with Crippen molar-refractivity contribution in [1.29, 1.82) is 0 Å². The van der Waals surface area contributed by atoms with Crippen LogP contribution in [0.5, 0.6) is 0 Å². The van der Waals surface area contributed by atoms with Crippen molar-refractivity contribution in [2.24, 2.45) is 5.41 Å². The maximum atomic E-state index is 12.0. The summed E-state index contributed by atoms with van der Waals surface area (Å²) in [6.07, 6.45) is 3.49. The maximum absolute atomic E-state index is 12.0. The summed E-state index contributed by atoms with van der Waals surface area (Å²) in [6, 6.07) is 0.175. The van der Waals surface area contributed by atoms with E-state index in [1.807, 2.05) is 20.8 Å². The first-order valence-corrected chi connectivity index (χ1v) is 5.17. The number of hydrogen-bond acceptors (Lipinski definition) is 2. The van der Waals surface area contributed by atoms with Gasteiger partial charge in [0.05, 0.1) is 6.04 Å². The molecular weight excluding hydrogens is 162 g/mol. The SMILES string of the molecule is CN1CCCC[C@H]1C(=O)C(C)(C)C. The number of hydrogen-bond donors (Lipinski definition) is 0. The van der Waals surface area contributed by atoms with Gasteiger partial charge in [-0.15, -0.1) is 0 Å². The molecule has 0 spiro atoms. The minimum atomic E-state index is -0.184. The first-order valence-electron chi connectivity index (χ1n) is 5.17. The first kappa shape index (κ1) is 10.7. The van der Waals surface area contributed by atoms with E-state index in [2.05, 4.69) is 11.9 Å². The van der Waals surface area contributed by atoms with Crippen LogP contribution in [0.15, 0.2) is 0 Å². The highest BCUT2D eigenvalue weighted by atomic mass is 16.1. The molecule has 1 fully saturated rings. The number of ketones is 1. The Morgan fingerprint density at radius 3 is 2.38 bits per heavy atom. The van der Waals surface area contributed by atoms with E-state index in [-0.39, 0.29) is 11.5 Å². The molecule has 1 aliphatic heterocycles. The van der Waals surface area contributed by atoms with Crippen molar-refractivity contribution in [3.05, 3.63) is 0 Å². The predicted molar refractivity (Wildman–Crippen MR) is 54.7 cm³/mol. The predicted octanol–water partition coefficient (Wildman–Crippen LogP) is 2.09. The Balaban J connectivity index is 2.64. The van der Waals surface area contributed by atoms with Crippen LogP contribution >= 0.6 is 0 Å². The molecule has 0 aromatic heterocycles. The minimum Gasteiger partial charge on any atom is -0.297 e. The van der Waals surface area contributed by atoms with Crippen LogP contribution < -0.4 is 0 Å². The van der Waals surface area contributed by atoms with E-state index in [4.69, 9.17) is 0 Å². The fourth-order valence-electron chi connectivity index (χ4n) is 1.91. The Morgan fingerprint density at radius 2 is 1.92 bits per heavy atom. The summed E-state index contributed by atoms with van der Waals surface area (Å²) in [5.41, 5.74) is -0.184. The third-order valence-corrected chi connectivity index (χ3v) is 2.81. The zero-order valence-corrected chi connectivity index (χ0v) is 9.26. The summed E-state index contributed by atoms with van der Waals surface area (Å²) >= 11 is 0. The molecule has 1 aliphatic rings. The van der Waals surface area contributed by atoms with Gasteiger partial charge in [-0.05, 0) is 26.4 Å². The molecule has 0 saturated carbocycles. The zero-order valence-electron chi connectivity index (χ0n) is 9.26. The Hall–Kier alpha value is -0.370. The van der Waals surface area contributed by atoms with Crippen molar-refractivity contribution in [3.63, 3.8) is 0 Å². The number of carbonyl (C=O) groups is 1. The van der Waals surface area contributed by atoms with E-state index in [0.29, 0.717) is 5.78 Å². The van der Waals surface area contributed by atoms with Crippen LogP contribution in [0, 0.1) is 5.41 Å². The second-order valence-corrected chi connectivity index (χ2v) is 5.11. The van der Waals surface area contributed by atoms with Gasteiger partial charge in [-0.2, -0.15) is 0 Å². The second-order valence-electron chi connectivity index (χ2n) is 5.11. The molecule has 0 aliphatic carbocycles. The van der Waals surface area contributed by atoms with E-state index in [1.165, 1.54) is 12.8 Å². The fraction of sp³-hybridized carbons (Fsp3) is 0.909. The van der Waals surface area contributed by atoms with Crippen molar-refractivity contribution in [2.75, 3.05) is 13.6 Å². The van der Waals surface area contributed by atoms with Crippen molar-refractivity contribution < 1.29 is 4.79 Å². The lowest BCUT2D eigenvalue weighted by molar-refractivity contribution is -0.132. The lowest BCUT2D eigenvalue weighted by atomic mass is 9.83. The molecule has 1 atom stereocenters. The van der Waals surface area contributed by atoms with Crippen LogP contribution in [-0.4, -0.2) is 30.3 Å². The number of rotatable bonds is 1. The highest BCUT2D eigenvalue weighted by Gasteiger charge is 2.33. The van der Waals surface area contributed by atoms with Crippen LogP contribution in [0.2, 0.25) is 0 Å². The Labute approximate surface area is 81.3 Å². The Kier molecular flexibility index (Phi) is 3.12. The molecule has 1 heterocycles. The molecular formula is C11H21NO. The average molecular weight is 183 g/mol. The second kappa shape index (κ2) is 3.79. The number of carbonyl (C=O) groups excluding carboxylic acids is 1. The highest BCUT2D eigenvalue weighted by molar-refractivity contribution is 5.88. The molecule has 2 heteroatoms. The van der Waals surface area contributed by atoms with Gasteiger partial charge in [0.25, 0.3) is 0 Å². The van der Waals surface area contributed by atoms with Crippen molar-refractivity contribution in [1.82, 2.24) is 4.90 Å². The number of piperidine rings is 1. The molecule has 76 valence electrons. The van der Waals surface area contributed by atoms with Crippen LogP contribution in [0.1, 0.15) is 40.0 Å². The van der Waals surface area contributed by atoms with Crippen LogP contribution in [-0.2, 0) is 4.79 Å². The molecule has 0 aromatic carbocycles. The third kappa shape index (κ3) is 2.53. The standard InChI is InChI=1S/C11H21NO/c1-11(2,3)10(13)9-7-5-6-8-12(9)4/h9H,5-8H2,1-4H3/t9-/m0/s1. The summed E-state index contributed by atoms with van der Waals surface area (Å²) in [5.74, 6) is 0.398. The number of nitrogens with zero attached hydrogens (tertiary/aromatic N) is 1. The van der Waals surface area contributed by atoms with Gasteiger partial charge in [-0.3, -0.25) is 9.69 Å².